The molecule has 0 aliphatic heterocycles. The highest BCUT2D eigenvalue weighted by Gasteiger charge is 1.98. The van der Waals surface area contributed by atoms with Crippen molar-refractivity contribution in [2.75, 3.05) is 5.32 Å². The molecule has 0 fully saturated rings. The molecule has 0 aromatic carbocycles. The molecule has 2 aromatic heterocycles. The third-order valence-electron chi connectivity index (χ3n) is 2.23. The van der Waals surface area contributed by atoms with Gasteiger partial charge in [-0.3, -0.25) is 4.68 Å². The van der Waals surface area contributed by atoms with Gasteiger partial charge in [0.1, 0.15) is 5.15 Å². The Morgan fingerprint density at radius 1 is 1.38 bits per heavy atom. The maximum absolute atomic E-state index is 5.70. The van der Waals surface area contributed by atoms with Crippen LogP contribution in [-0.2, 0) is 13.1 Å². The van der Waals surface area contributed by atoms with Crippen molar-refractivity contribution in [1.29, 1.82) is 0 Å². The van der Waals surface area contributed by atoms with Gasteiger partial charge in [0.25, 0.3) is 0 Å². The van der Waals surface area contributed by atoms with Gasteiger partial charge in [0.2, 0.25) is 0 Å². The fourth-order valence-electron chi connectivity index (χ4n) is 1.36. The first-order valence-corrected chi connectivity index (χ1v) is 5.52. The van der Waals surface area contributed by atoms with Gasteiger partial charge in [-0.15, -0.1) is 0 Å². The molecule has 4 nitrogen and oxygen atoms in total. The van der Waals surface area contributed by atoms with Crippen LogP contribution < -0.4 is 5.32 Å². The predicted molar refractivity (Wildman–Crippen MR) is 64.5 cm³/mol. The lowest BCUT2D eigenvalue weighted by atomic mass is 10.3. The second-order valence-corrected chi connectivity index (χ2v) is 3.81. The number of rotatable bonds is 4. The van der Waals surface area contributed by atoms with E-state index in [0.29, 0.717) is 5.15 Å². The van der Waals surface area contributed by atoms with Gasteiger partial charge in [0.05, 0.1) is 18.1 Å². The second kappa shape index (κ2) is 4.99. The molecule has 0 aliphatic carbocycles. The van der Waals surface area contributed by atoms with Crippen molar-refractivity contribution in [2.24, 2.45) is 0 Å². The molecule has 0 amide bonds. The van der Waals surface area contributed by atoms with Gasteiger partial charge < -0.3 is 5.32 Å². The van der Waals surface area contributed by atoms with Crippen molar-refractivity contribution in [3.05, 3.63) is 41.4 Å². The lowest BCUT2D eigenvalue weighted by molar-refractivity contribution is 0.659. The third-order valence-corrected chi connectivity index (χ3v) is 2.46. The minimum absolute atomic E-state index is 0.504. The molecule has 0 bridgehead atoms. The molecule has 0 atom stereocenters. The second-order valence-electron chi connectivity index (χ2n) is 3.43. The zero-order chi connectivity index (χ0) is 11.4. The van der Waals surface area contributed by atoms with Gasteiger partial charge in [-0.05, 0) is 19.1 Å². The van der Waals surface area contributed by atoms with E-state index in [1.54, 1.807) is 12.3 Å². The highest BCUT2D eigenvalue weighted by Crippen LogP contribution is 2.10. The van der Waals surface area contributed by atoms with Crippen molar-refractivity contribution in [3.8, 4) is 0 Å². The molecule has 2 aromatic rings. The van der Waals surface area contributed by atoms with Crippen molar-refractivity contribution in [3.63, 3.8) is 0 Å². The van der Waals surface area contributed by atoms with Crippen LogP contribution in [0.15, 0.2) is 30.7 Å². The fourth-order valence-corrected chi connectivity index (χ4v) is 1.47. The number of hydrogen-bond donors (Lipinski definition) is 1. The number of nitrogens with one attached hydrogen (secondary N) is 1. The van der Waals surface area contributed by atoms with E-state index in [-0.39, 0.29) is 0 Å². The van der Waals surface area contributed by atoms with Crippen molar-refractivity contribution in [2.45, 2.75) is 20.0 Å². The summed E-state index contributed by atoms with van der Waals surface area (Å²) in [7, 11) is 0. The maximum Gasteiger partial charge on any atom is 0.129 e. The Morgan fingerprint density at radius 2 is 2.25 bits per heavy atom. The molecule has 0 unspecified atom stereocenters. The Kier molecular flexibility index (Phi) is 3.41. The monoisotopic (exact) mass is 236 g/mol. The first kappa shape index (κ1) is 11.0. The number of aromatic nitrogens is 3. The van der Waals surface area contributed by atoms with Crippen LogP contribution in [0, 0.1) is 0 Å². The number of nitrogens with zero attached hydrogens (tertiary/aromatic N) is 3. The topological polar surface area (TPSA) is 42.7 Å². The van der Waals surface area contributed by atoms with Crippen molar-refractivity contribution in [1.82, 2.24) is 14.8 Å². The molecular weight excluding hydrogens is 224 g/mol. The molecule has 2 heterocycles. The zero-order valence-electron chi connectivity index (χ0n) is 9.02. The van der Waals surface area contributed by atoms with Crippen molar-refractivity contribution < 1.29 is 0 Å². The van der Waals surface area contributed by atoms with Crippen LogP contribution in [0.1, 0.15) is 12.5 Å². The number of aryl methyl sites for hydroxylation is 1. The largest absolute Gasteiger partial charge is 0.380 e. The summed E-state index contributed by atoms with van der Waals surface area (Å²) in [5.41, 5.74) is 2.10. The van der Waals surface area contributed by atoms with Crippen LogP contribution in [0.2, 0.25) is 5.15 Å². The predicted octanol–water partition coefficient (Wildman–Crippen LogP) is 2.56. The van der Waals surface area contributed by atoms with Gasteiger partial charge in [-0.2, -0.15) is 5.10 Å². The normalized spacial score (nSPS) is 10.4. The molecule has 1 N–H and O–H groups in total. The van der Waals surface area contributed by atoms with Gasteiger partial charge in [-0.1, -0.05) is 11.6 Å². The number of hydrogen-bond acceptors (Lipinski definition) is 3. The molecule has 2 rings (SSSR count). The van der Waals surface area contributed by atoms with E-state index >= 15 is 0 Å². The summed E-state index contributed by atoms with van der Waals surface area (Å²) >= 11 is 5.70. The van der Waals surface area contributed by atoms with Crippen LogP contribution in [0.25, 0.3) is 0 Å². The summed E-state index contributed by atoms with van der Waals surface area (Å²) < 4.78 is 1.90. The average molecular weight is 237 g/mol. The maximum atomic E-state index is 5.70. The van der Waals surface area contributed by atoms with Crippen molar-refractivity contribution >= 4 is 17.3 Å². The molecule has 5 heteroatoms. The van der Waals surface area contributed by atoms with E-state index in [9.17, 15) is 0 Å². The summed E-state index contributed by atoms with van der Waals surface area (Å²) in [5, 5.41) is 7.96. The highest BCUT2D eigenvalue weighted by atomic mass is 35.5. The van der Waals surface area contributed by atoms with E-state index in [1.165, 1.54) is 0 Å². The molecule has 84 valence electrons. The van der Waals surface area contributed by atoms with E-state index < -0.39 is 0 Å². The highest BCUT2D eigenvalue weighted by molar-refractivity contribution is 6.29. The lowest BCUT2D eigenvalue weighted by Crippen LogP contribution is -1.99. The number of halogens is 1. The van der Waals surface area contributed by atoms with E-state index in [1.807, 2.05) is 23.1 Å². The number of anilines is 1. The minimum atomic E-state index is 0.504. The van der Waals surface area contributed by atoms with Gasteiger partial charge in [0.15, 0.2) is 0 Å². The standard InChI is InChI=1S/C11H13ClN4/c1-2-16-8-9(6-15-16)5-13-10-3-4-11(12)14-7-10/h3-4,6-8,13H,2,5H2,1H3. The molecule has 0 radical (unpaired) electrons. The van der Waals surface area contributed by atoms with Crippen LogP contribution in [0.4, 0.5) is 5.69 Å². The zero-order valence-corrected chi connectivity index (χ0v) is 9.78. The molecule has 0 aliphatic rings. The molecule has 0 spiro atoms. The Labute approximate surface area is 99.3 Å². The Bertz CT molecular complexity index is 449. The summed E-state index contributed by atoms with van der Waals surface area (Å²) in [5.74, 6) is 0. The first-order chi connectivity index (χ1) is 7.78. The lowest BCUT2D eigenvalue weighted by Gasteiger charge is -2.03. The third kappa shape index (κ3) is 2.73. The first-order valence-electron chi connectivity index (χ1n) is 5.14. The summed E-state index contributed by atoms with van der Waals surface area (Å²) in [6, 6.07) is 3.67. The summed E-state index contributed by atoms with van der Waals surface area (Å²) in [4.78, 5) is 3.99. The Morgan fingerprint density at radius 3 is 2.88 bits per heavy atom. The van der Waals surface area contributed by atoms with Crippen LogP contribution in [0.5, 0.6) is 0 Å². The molecule has 0 saturated heterocycles. The molecule has 0 saturated carbocycles. The number of pyridine rings is 1. The van der Waals surface area contributed by atoms with E-state index in [0.717, 1.165) is 24.3 Å². The fraction of sp³-hybridized carbons (Fsp3) is 0.273. The summed E-state index contributed by atoms with van der Waals surface area (Å²) in [6.45, 7) is 3.69. The van der Waals surface area contributed by atoms with Gasteiger partial charge >= 0.3 is 0 Å². The van der Waals surface area contributed by atoms with E-state index in [4.69, 9.17) is 11.6 Å². The van der Waals surface area contributed by atoms with Gasteiger partial charge in [0, 0.05) is 24.8 Å². The smallest absolute Gasteiger partial charge is 0.129 e. The van der Waals surface area contributed by atoms with Crippen LogP contribution in [0.3, 0.4) is 0 Å². The molecule has 16 heavy (non-hydrogen) atoms. The Hall–Kier alpha value is -1.55. The van der Waals surface area contributed by atoms with Gasteiger partial charge in [-0.25, -0.2) is 4.98 Å². The Balaban J connectivity index is 1.94. The van der Waals surface area contributed by atoms with E-state index in [2.05, 4.69) is 22.3 Å². The van der Waals surface area contributed by atoms with Crippen LogP contribution >= 0.6 is 11.6 Å². The molecular formula is C11H13ClN4. The quantitative estimate of drug-likeness (QED) is 0.830. The average Bonchev–Trinajstić information content (AvgIpc) is 2.76. The minimum Gasteiger partial charge on any atom is -0.380 e. The SMILES string of the molecule is CCn1cc(CNc2ccc(Cl)nc2)cn1. The summed E-state index contributed by atoms with van der Waals surface area (Å²) in [6.07, 6.45) is 5.60. The van der Waals surface area contributed by atoms with Crippen LogP contribution in [-0.4, -0.2) is 14.8 Å².